The second kappa shape index (κ2) is 5.15. The highest BCUT2D eigenvalue weighted by Gasteiger charge is 2.16. The van der Waals surface area contributed by atoms with Crippen LogP contribution in [0.1, 0.15) is 17.2 Å². The Hall–Kier alpha value is -2.28. The van der Waals surface area contributed by atoms with Gasteiger partial charge in [0.05, 0.1) is 23.9 Å². The van der Waals surface area contributed by atoms with E-state index in [0.29, 0.717) is 11.1 Å². The van der Waals surface area contributed by atoms with Gasteiger partial charge in [-0.1, -0.05) is 6.07 Å². The van der Waals surface area contributed by atoms with Gasteiger partial charge in [-0.2, -0.15) is 4.68 Å². The van der Waals surface area contributed by atoms with Crippen LogP contribution in [-0.2, 0) is 6.54 Å². The first-order chi connectivity index (χ1) is 8.97. The SMILES string of the molecule is Cc1cc(F)ccc1C(O)Cn1ccc([N+](=O)[O-])n1. The van der Waals surface area contributed by atoms with E-state index in [-0.39, 0.29) is 18.2 Å². The predicted molar refractivity (Wildman–Crippen MR) is 65.0 cm³/mol. The first-order valence-electron chi connectivity index (χ1n) is 5.59. The van der Waals surface area contributed by atoms with Crippen molar-refractivity contribution >= 4 is 5.82 Å². The highest BCUT2D eigenvalue weighted by atomic mass is 19.1. The highest BCUT2D eigenvalue weighted by Crippen LogP contribution is 2.20. The Morgan fingerprint density at radius 1 is 1.53 bits per heavy atom. The summed E-state index contributed by atoms with van der Waals surface area (Å²) in [7, 11) is 0. The molecule has 19 heavy (non-hydrogen) atoms. The zero-order valence-corrected chi connectivity index (χ0v) is 10.2. The molecule has 0 aliphatic heterocycles. The van der Waals surface area contributed by atoms with Crippen molar-refractivity contribution < 1.29 is 14.4 Å². The molecular formula is C12H12FN3O3. The lowest BCUT2D eigenvalue weighted by Crippen LogP contribution is -2.10. The summed E-state index contributed by atoms with van der Waals surface area (Å²) < 4.78 is 14.2. The number of aromatic nitrogens is 2. The molecule has 0 bridgehead atoms. The van der Waals surface area contributed by atoms with Crippen LogP contribution in [0.15, 0.2) is 30.5 Å². The molecule has 0 saturated carbocycles. The maximum atomic E-state index is 13.0. The summed E-state index contributed by atoms with van der Waals surface area (Å²) in [6.45, 7) is 1.76. The van der Waals surface area contributed by atoms with Crippen LogP contribution < -0.4 is 0 Å². The quantitative estimate of drug-likeness (QED) is 0.677. The first-order valence-corrected chi connectivity index (χ1v) is 5.59. The van der Waals surface area contributed by atoms with Gasteiger partial charge in [0, 0.05) is 0 Å². The van der Waals surface area contributed by atoms with E-state index in [0.717, 1.165) is 0 Å². The predicted octanol–water partition coefficient (Wildman–Crippen LogP) is 1.97. The molecule has 0 radical (unpaired) electrons. The second-order valence-electron chi connectivity index (χ2n) is 4.17. The van der Waals surface area contributed by atoms with Crippen molar-refractivity contribution in [3.05, 3.63) is 57.5 Å². The van der Waals surface area contributed by atoms with E-state index >= 15 is 0 Å². The number of hydrogen-bond donors (Lipinski definition) is 1. The van der Waals surface area contributed by atoms with E-state index in [2.05, 4.69) is 5.10 Å². The summed E-state index contributed by atoms with van der Waals surface area (Å²) in [6.07, 6.45) is 0.514. The molecule has 1 atom stereocenters. The Kier molecular flexibility index (Phi) is 3.57. The van der Waals surface area contributed by atoms with Crippen molar-refractivity contribution in [1.29, 1.82) is 0 Å². The minimum Gasteiger partial charge on any atom is -0.386 e. The van der Waals surface area contributed by atoms with Crippen LogP contribution in [0.5, 0.6) is 0 Å². The van der Waals surface area contributed by atoms with Gasteiger partial charge in [-0.15, -0.1) is 0 Å². The Bertz CT molecular complexity index is 612. The number of aliphatic hydroxyl groups excluding tert-OH is 1. The third-order valence-corrected chi connectivity index (χ3v) is 2.76. The number of rotatable bonds is 4. The number of aryl methyl sites for hydroxylation is 1. The van der Waals surface area contributed by atoms with Crippen molar-refractivity contribution in [2.45, 2.75) is 19.6 Å². The number of hydrogen-bond acceptors (Lipinski definition) is 4. The molecule has 1 unspecified atom stereocenters. The fourth-order valence-corrected chi connectivity index (χ4v) is 1.84. The van der Waals surface area contributed by atoms with Crippen LogP contribution in [-0.4, -0.2) is 19.8 Å². The van der Waals surface area contributed by atoms with E-state index in [1.807, 2.05) is 0 Å². The average molecular weight is 265 g/mol. The molecule has 100 valence electrons. The van der Waals surface area contributed by atoms with Crippen LogP contribution in [0.3, 0.4) is 0 Å². The summed E-state index contributed by atoms with van der Waals surface area (Å²) in [5.41, 5.74) is 1.19. The molecule has 0 amide bonds. The van der Waals surface area contributed by atoms with Gasteiger partial charge in [0.25, 0.3) is 0 Å². The van der Waals surface area contributed by atoms with Crippen LogP contribution in [0.4, 0.5) is 10.2 Å². The van der Waals surface area contributed by atoms with Crippen molar-refractivity contribution in [2.24, 2.45) is 0 Å². The van der Waals surface area contributed by atoms with Crippen molar-refractivity contribution in [2.75, 3.05) is 0 Å². The molecule has 6 nitrogen and oxygen atoms in total. The van der Waals surface area contributed by atoms with Gasteiger partial charge in [-0.05, 0) is 35.1 Å². The van der Waals surface area contributed by atoms with E-state index in [1.54, 1.807) is 6.92 Å². The normalized spacial score (nSPS) is 12.4. The van der Waals surface area contributed by atoms with Gasteiger partial charge < -0.3 is 15.2 Å². The molecule has 2 rings (SSSR count). The Morgan fingerprint density at radius 2 is 2.26 bits per heavy atom. The monoisotopic (exact) mass is 265 g/mol. The number of aliphatic hydroxyl groups is 1. The molecule has 0 spiro atoms. The molecule has 1 heterocycles. The molecule has 1 N–H and O–H groups in total. The van der Waals surface area contributed by atoms with Crippen LogP contribution in [0.2, 0.25) is 0 Å². The molecule has 1 aromatic carbocycles. The second-order valence-corrected chi connectivity index (χ2v) is 4.17. The number of nitrogens with zero attached hydrogens (tertiary/aromatic N) is 3. The van der Waals surface area contributed by atoms with Crippen LogP contribution in [0, 0.1) is 22.9 Å². The van der Waals surface area contributed by atoms with Crippen LogP contribution >= 0.6 is 0 Å². The van der Waals surface area contributed by atoms with Crippen molar-refractivity contribution in [1.82, 2.24) is 9.78 Å². The zero-order chi connectivity index (χ0) is 14.0. The van der Waals surface area contributed by atoms with E-state index in [4.69, 9.17) is 0 Å². The third-order valence-electron chi connectivity index (χ3n) is 2.76. The lowest BCUT2D eigenvalue weighted by Gasteiger charge is -2.12. The topological polar surface area (TPSA) is 81.2 Å². The molecule has 0 fully saturated rings. The van der Waals surface area contributed by atoms with Crippen molar-refractivity contribution in [3.63, 3.8) is 0 Å². The fourth-order valence-electron chi connectivity index (χ4n) is 1.84. The molecule has 0 aliphatic carbocycles. The molecule has 0 aliphatic rings. The van der Waals surface area contributed by atoms with Gasteiger partial charge in [-0.3, -0.25) is 0 Å². The molecule has 7 heteroatoms. The highest BCUT2D eigenvalue weighted by molar-refractivity contribution is 5.28. The summed E-state index contributed by atoms with van der Waals surface area (Å²) in [4.78, 5) is 9.88. The summed E-state index contributed by atoms with van der Waals surface area (Å²) in [5.74, 6) is -0.647. The molecule has 1 aromatic heterocycles. The van der Waals surface area contributed by atoms with Crippen LogP contribution in [0.25, 0.3) is 0 Å². The van der Waals surface area contributed by atoms with Gasteiger partial charge >= 0.3 is 5.82 Å². The smallest absolute Gasteiger partial charge is 0.386 e. The van der Waals surface area contributed by atoms with E-state index in [9.17, 15) is 19.6 Å². The van der Waals surface area contributed by atoms with Crippen molar-refractivity contribution in [3.8, 4) is 0 Å². The van der Waals surface area contributed by atoms with Gasteiger partial charge in [0.15, 0.2) is 0 Å². The van der Waals surface area contributed by atoms with Gasteiger partial charge in [0.1, 0.15) is 11.9 Å². The minimum atomic E-state index is -0.903. The third kappa shape index (κ3) is 2.94. The zero-order valence-electron chi connectivity index (χ0n) is 10.2. The van der Waals surface area contributed by atoms with Gasteiger partial charge in [-0.25, -0.2) is 4.39 Å². The molecular weight excluding hydrogens is 253 g/mol. The fraction of sp³-hybridized carbons (Fsp3) is 0.250. The number of halogens is 1. The Morgan fingerprint density at radius 3 is 2.84 bits per heavy atom. The Balaban J connectivity index is 2.15. The maximum absolute atomic E-state index is 13.0. The average Bonchev–Trinajstić information content (AvgIpc) is 2.77. The lowest BCUT2D eigenvalue weighted by atomic mass is 10.0. The standard InChI is InChI=1S/C12H12FN3O3/c1-8-6-9(13)2-3-10(8)11(17)7-15-5-4-12(14-15)16(18)19/h2-6,11,17H,7H2,1H3. The summed E-state index contributed by atoms with van der Waals surface area (Å²) >= 11 is 0. The van der Waals surface area contributed by atoms with Gasteiger partial charge in [0.2, 0.25) is 0 Å². The first kappa shape index (κ1) is 13.2. The van der Waals surface area contributed by atoms with E-state index in [1.165, 1.54) is 35.1 Å². The van der Waals surface area contributed by atoms with E-state index < -0.39 is 11.0 Å². The minimum absolute atomic E-state index is 0.0698. The molecule has 2 aromatic rings. The lowest BCUT2D eigenvalue weighted by molar-refractivity contribution is -0.389. The summed E-state index contributed by atoms with van der Waals surface area (Å²) in [5, 5.41) is 24.2. The maximum Gasteiger partial charge on any atom is 0.389 e. The Labute approximate surface area is 108 Å². The largest absolute Gasteiger partial charge is 0.389 e. The number of benzene rings is 1. The molecule has 0 saturated heterocycles. The number of nitro groups is 1. The summed E-state index contributed by atoms with van der Waals surface area (Å²) in [6, 6.07) is 5.33.